The van der Waals surface area contributed by atoms with Gasteiger partial charge < -0.3 is 10.4 Å². The lowest BCUT2D eigenvalue weighted by Gasteiger charge is -2.04. The fraction of sp³-hybridized carbons (Fsp3) is 0.143. The van der Waals surface area contributed by atoms with E-state index in [1.807, 2.05) is 42.5 Å². The second kappa shape index (κ2) is 5.31. The van der Waals surface area contributed by atoms with Gasteiger partial charge in [-0.05, 0) is 16.3 Å². The van der Waals surface area contributed by atoms with Gasteiger partial charge in [-0.2, -0.15) is 0 Å². The summed E-state index contributed by atoms with van der Waals surface area (Å²) in [7, 11) is 0. The molecule has 0 saturated carbocycles. The van der Waals surface area contributed by atoms with Crippen molar-refractivity contribution in [3.8, 4) is 0 Å². The predicted molar refractivity (Wildman–Crippen MR) is 68.3 cm³/mol. The summed E-state index contributed by atoms with van der Waals surface area (Å²) in [6.07, 6.45) is 0.193. The van der Waals surface area contributed by atoms with Crippen molar-refractivity contribution in [1.82, 2.24) is 5.32 Å². The van der Waals surface area contributed by atoms with E-state index in [1.54, 1.807) is 0 Å². The quantitative estimate of drug-likeness (QED) is 0.856. The van der Waals surface area contributed by atoms with E-state index in [0.717, 1.165) is 16.3 Å². The molecular formula is C14H13NO3. The molecule has 0 fully saturated rings. The van der Waals surface area contributed by atoms with Crippen molar-refractivity contribution in [1.29, 1.82) is 0 Å². The highest BCUT2D eigenvalue weighted by Gasteiger charge is 2.05. The van der Waals surface area contributed by atoms with Crippen LogP contribution in [0.5, 0.6) is 0 Å². The fourth-order valence-electron chi connectivity index (χ4n) is 1.77. The van der Waals surface area contributed by atoms with Gasteiger partial charge >= 0.3 is 5.97 Å². The Labute approximate surface area is 104 Å². The Hall–Kier alpha value is -2.36. The molecule has 2 rings (SSSR count). The van der Waals surface area contributed by atoms with E-state index in [0.29, 0.717) is 0 Å². The molecule has 0 aliphatic carbocycles. The summed E-state index contributed by atoms with van der Waals surface area (Å²) in [6, 6.07) is 13.7. The van der Waals surface area contributed by atoms with Crippen molar-refractivity contribution in [2.45, 2.75) is 6.42 Å². The first kappa shape index (κ1) is 12.1. The largest absolute Gasteiger partial charge is 0.480 e. The third-order valence-electron chi connectivity index (χ3n) is 2.62. The topological polar surface area (TPSA) is 66.4 Å². The Bertz CT molecular complexity index is 592. The van der Waals surface area contributed by atoms with Gasteiger partial charge in [-0.1, -0.05) is 42.5 Å². The van der Waals surface area contributed by atoms with Crippen LogP contribution in [0.1, 0.15) is 5.56 Å². The zero-order valence-corrected chi connectivity index (χ0v) is 9.72. The van der Waals surface area contributed by atoms with Gasteiger partial charge in [0, 0.05) is 0 Å². The Balaban J connectivity index is 2.07. The second-order valence-corrected chi connectivity index (χ2v) is 4.03. The van der Waals surface area contributed by atoms with Crippen molar-refractivity contribution in [3.05, 3.63) is 48.0 Å². The van der Waals surface area contributed by atoms with Crippen LogP contribution in [0.4, 0.5) is 0 Å². The average Bonchev–Trinajstić information content (AvgIpc) is 2.36. The summed E-state index contributed by atoms with van der Waals surface area (Å²) in [6.45, 7) is -0.341. The third kappa shape index (κ3) is 3.07. The van der Waals surface area contributed by atoms with E-state index in [9.17, 15) is 9.59 Å². The molecule has 1 amide bonds. The Kier molecular flexibility index (Phi) is 3.57. The van der Waals surface area contributed by atoms with Crippen LogP contribution in [-0.4, -0.2) is 23.5 Å². The molecule has 92 valence electrons. The number of carbonyl (C=O) groups excluding carboxylic acids is 1. The maximum absolute atomic E-state index is 11.5. The van der Waals surface area contributed by atoms with Gasteiger partial charge in [0.15, 0.2) is 0 Å². The molecule has 4 heteroatoms. The van der Waals surface area contributed by atoms with Gasteiger partial charge in [-0.25, -0.2) is 0 Å². The van der Waals surface area contributed by atoms with Crippen LogP contribution in [0.15, 0.2) is 42.5 Å². The van der Waals surface area contributed by atoms with Gasteiger partial charge in [-0.3, -0.25) is 9.59 Å². The lowest BCUT2D eigenvalue weighted by atomic mass is 10.1. The summed E-state index contributed by atoms with van der Waals surface area (Å²) in [5.74, 6) is -1.32. The Morgan fingerprint density at radius 1 is 1.06 bits per heavy atom. The van der Waals surface area contributed by atoms with E-state index in [-0.39, 0.29) is 18.9 Å². The maximum Gasteiger partial charge on any atom is 0.322 e. The minimum absolute atomic E-state index is 0.193. The van der Waals surface area contributed by atoms with Gasteiger partial charge in [0.25, 0.3) is 0 Å². The van der Waals surface area contributed by atoms with Crippen molar-refractivity contribution in [2.75, 3.05) is 6.54 Å². The minimum atomic E-state index is -1.04. The second-order valence-electron chi connectivity index (χ2n) is 4.03. The van der Waals surface area contributed by atoms with Crippen LogP contribution < -0.4 is 5.32 Å². The zero-order valence-electron chi connectivity index (χ0n) is 9.72. The number of rotatable bonds is 4. The highest BCUT2D eigenvalue weighted by molar-refractivity contribution is 5.86. The van der Waals surface area contributed by atoms with Crippen LogP contribution in [0, 0.1) is 0 Å². The summed E-state index contributed by atoms with van der Waals surface area (Å²) < 4.78 is 0. The van der Waals surface area contributed by atoms with Crippen LogP contribution in [0.2, 0.25) is 0 Å². The number of hydrogen-bond donors (Lipinski definition) is 2. The molecular weight excluding hydrogens is 230 g/mol. The molecule has 2 aromatic carbocycles. The number of aliphatic carboxylic acids is 1. The van der Waals surface area contributed by atoms with Crippen LogP contribution in [-0.2, 0) is 16.0 Å². The van der Waals surface area contributed by atoms with Crippen molar-refractivity contribution >= 4 is 22.6 Å². The molecule has 4 nitrogen and oxygen atoms in total. The number of hydrogen-bond acceptors (Lipinski definition) is 2. The fourth-order valence-corrected chi connectivity index (χ4v) is 1.77. The van der Waals surface area contributed by atoms with Crippen molar-refractivity contribution in [2.24, 2.45) is 0 Å². The van der Waals surface area contributed by atoms with Crippen LogP contribution in [0.3, 0.4) is 0 Å². The molecule has 0 heterocycles. The predicted octanol–water partition coefficient (Wildman–Crippen LogP) is 1.58. The van der Waals surface area contributed by atoms with Crippen LogP contribution >= 0.6 is 0 Å². The third-order valence-corrected chi connectivity index (χ3v) is 2.62. The van der Waals surface area contributed by atoms with Gasteiger partial charge in [0.1, 0.15) is 6.54 Å². The summed E-state index contributed by atoms with van der Waals surface area (Å²) in [5, 5.41) is 13.0. The molecule has 0 spiro atoms. The monoisotopic (exact) mass is 243 g/mol. The standard InChI is InChI=1S/C14H13NO3/c16-13(15-9-14(17)18)8-10-5-6-11-3-1-2-4-12(11)7-10/h1-7H,8-9H2,(H,15,16)(H,17,18). The lowest BCUT2D eigenvalue weighted by molar-refractivity contribution is -0.137. The molecule has 0 aliphatic rings. The lowest BCUT2D eigenvalue weighted by Crippen LogP contribution is -2.30. The van der Waals surface area contributed by atoms with Gasteiger partial charge in [0.2, 0.25) is 5.91 Å². The average molecular weight is 243 g/mol. The zero-order chi connectivity index (χ0) is 13.0. The van der Waals surface area contributed by atoms with E-state index < -0.39 is 5.97 Å². The van der Waals surface area contributed by atoms with Gasteiger partial charge in [0.05, 0.1) is 6.42 Å². The van der Waals surface area contributed by atoms with E-state index in [2.05, 4.69) is 5.32 Å². The summed E-state index contributed by atoms with van der Waals surface area (Å²) in [4.78, 5) is 21.8. The molecule has 0 unspecified atom stereocenters. The first-order valence-corrected chi connectivity index (χ1v) is 5.61. The summed E-state index contributed by atoms with van der Waals surface area (Å²) in [5.41, 5.74) is 0.872. The highest BCUT2D eigenvalue weighted by Crippen LogP contribution is 2.15. The van der Waals surface area contributed by atoms with Crippen molar-refractivity contribution in [3.63, 3.8) is 0 Å². The Morgan fingerprint density at radius 2 is 1.78 bits per heavy atom. The number of amides is 1. The molecule has 2 aromatic rings. The van der Waals surface area contributed by atoms with Crippen LogP contribution in [0.25, 0.3) is 10.8 Å². The smallest absolute Gasteiger partial charge is 0.322 e. The van der Waals surface area contributed by atoms with E-state index >= 15 is 0 Å². The molecule has 0 radical (unpaired) electrons. The van der Waals surface area contributed by atoms with Crippen molar-refractivity contribution < 1.29 is 14.7 Å². The first-order valence-electron chi connectivity index (χ1n) is 5.61. The molecule has 0 aromatic heterocycles. The molecule has 2 N–H and O–H groups in total. The number of carbonyl (C=O) groups is 2. The number of carboxylic acids is 1. The van der Waals surface area contributed by atoms with E-state index in [1.165, 1.54) is 0 Å². The highest BCUT2D eigenvalue weighted by atomic mass is 16.4. The Morgan fingerprint density at radius 3 is 2.50 bits per heavy atom. The molecule has 0 aliphatic heterocycles. The number of benzene rings is 2. The van der Waals surface area contributed by atoms with Gasteiger partial charge in [-0.15, -0.1) is 0 Å². The number of fused-ring (bicyclic) bond motifs is 1. The molecule has 0 bridgehead atoms. The SMILES string of the molecule is O=C(O)CNC(=O)Cc1ccc2ccccc2c1. The molecule has 0 atom stereocenters. The normalized spacial score (nSPS) is 10.2. The minimum Gasteiger partial charge on any atom is -0.480 e. The number of carboxylic acid groups (broad SMARTS) is 1. The maximum atomic E-state index is 11.5. The summed E-state index contributed by atoms with van der Waals surface area (Å²) >= 11 is 0. The molecule has 0 saturated heterocycles. The van der Waals surface area contributed by atoms with E-state index in [4.69, 9.17) is 5.11 Å². The first-order chi connectivity index (χ1) is 8.65. The number of nitrogens with one attached hydrogen (secondary N) is 1. The molecule has 18 heavy (non-hydrogen) atoms.